The topological polar surface area (TPSA) is 69.5 Å². The van der Waals surface area contributed by atoms with E-state index in [9.17, 15) is 4.79 Å². The Morgan fingerprint density at radius 3 is 2.04 bits per heavy atom. The van der Waals surface area contributed by atoms with Crippen LogP contribution in [-0.2, 0) is 19.0 Å². The summed E-state index contributed by atoms with van der Waals surface area (Å²) in [7, 11) is 3.19. The average Bonchev–Trinajstić information content (AvgIpc) is 2.52. The smallest absolute Gasteiger partial charge is 0.306 e. The highest BCUT2D eigenvalue weighted by Gasteiger charge is 2.34. The second-order valence-corrected chi connectivity index (χ2v) is 7.06. The van der Waals surface area contributed by atoms with E-state index in [0.29, 0.717) is 24.3 Å². The van der Waals surface area contributed by atoms with E-state index in [2.05, 4.69) is 37.7 Å². The lowest BCUT2D eigenvalue weighted by molar-refractivity contribution is -0.145. The Morgan fingerprint density at radius 1 is 1.00 bits per heavy atom. The Kier molecular flexibility index (Phi) is 8.22. The van der Waals surface area contributed by atoms with Crippen molar-refractivity contribution >= 4 is 17.8 Å². The predicted molar refractivity (Wildman–Crippen MR) is 95.5 cm³/mol. The zero-order valence-electron chi connectivity index (χ0n) is 16.0. The minimum absolute atomic E-state index is 0.0755. The van der Waals surface area contributed by atoms with E-state index in [1.807, 2.05) is 6.92 Å². The van der Waals surface area contributed by atoms with Crippen LogP contribution in [0.4, 0.5) is 0 Å². The number of rotatable bonds is 7. The zero-order valence-corrected chi connectivity index (χ0v) is 16.0. The molecular weight excluding hydrogens is 308 g/mol. The molecule has 6 heteroatoms. The van der Waals surface area contributed by atoms with Gasteiger partial charge in [-0.3, -0.25) is 4.79 Å². The van der Waals surface area contributed by atoms with Crippen LogP contribution in [0.1, 0.15) is 47.5 Å². The molecule has 3 atom stereocenters. The maximum atomic E-state index is 12.0. The third-order valence-corrected chi connectivity index (χ3v) is 4.07. The molecule has 1 aliphatic rings. The van der Waals surface area contributed by atoms with Gasteiger partial charge in [-0.25, -0.2) is 9.98 Å². The molecule has 0 aliphatic carbocycles. The van der Waals surface area contributed by atoms with Crippen molar-refractivity contribution in [1.29, 1.82) is 0 Å². The van der Waals surface area contributed by atoms with Crippen molar-refractivity contribution in [3.63, 3.8) is 0 Å². The van der Waals surface area contributed by atoms with Gasteiger partial charge in [0.1, 0.15) is 12.1 Å². The molecule has 1 aliphatic heterocycles. The summed E-state index contributed by atoms with van der Waals surface area (Å²) in [6.45, 7) is 10.7. The normalized spacial score (nSPS) is 22.0. The monoisotopic (exact) mass is 340 g/mol. The average molecular weight is 340 g/mol. The van der Waals surface area contributed by atoms with Crippen molar-refractivity contribution in [2.24, 2.45) is 27.7 Å². The summed E-state index contributed by atoms with van der Waals surface area (Å²) in [5.74, 6) is 1.63. The number of methoxy groups -OCH3 is 2. The van der Waals surface area contributed by atoms with Gasteiger partial charge < -0.3 is 14.2 Å². The summed E-state index contributed by atoms with van der Waals surface area (Å²) < 4.78 is 16.1. The second-order valence-electron chi connectivity index (χ2n) is 7.06. The van der Waals surface area contributed by atoms with E-state index < -0.39 is 0 Å². The summed E-state index contributed by atoms with van der Waals surface area (Å²) >= 11 is 0. The van der Waals surface area contributed by atoms with Gasteiger partial charge in [0, 0.05) is 0 Å². The maximum Gasteiger partial charge on any atom is 0.306 e. The summed E-state index contributed by atoms with van der Waals surface area (Å²) in [6, 6.07) is -0.469. The van der Waals surface area contributed by atoms with E-state index in [1.54, 1.807) is 14.2 Å². The van der Waals surface area contributed by atoms with Crippen LogP contribution in [-0.4, -0.2) is 50.7 Å². The van der Waals surface area contributed by atoms with Crippen LogP contribution >= 0.6 is 0 Å². The molecule has 1 rings (SSSR count). The summed E-state index contributed by atoms with van der Waals surface area (Å²) in [4.78, 5) is 21.3. The molecule has 6 nitrogen and oxygen atoms in total. The number of aliphatic imine (C=N–C) groups is 2. The van der Waals surface area contributed by atoms with Crippen LogP contribution in [0, 0.1) is 17.8 Å². The van der Waals surface area contributed by atoms with Crippen LogP contribution < -0.4 is 0 Å². The molecule has 0 aromatic rings. The van der Waals surface area contributed by atoms with Crippen molar-refractivity contribution in [1.82, 2.24) is 0 Å². The van der Waals surface area contributed by atoms with Gasteiger partial charge in [0.15, 0.2) is 0 Å². The molecule has 1 heterocycles. The molecule has 0 aromatic heterocycles. The molecule has 0 saturated carbocycles. The van der Waals surface area contributed by atoms with E-state index in [4.69, 9.17) is 14.2 Å². The number of nitrogens with zero attached hydrogens (tertiary/aromatic N) is 2. The zero-order chi connectivity index (χ0) is 18.3. The van der Waals surface area contributed by atoms with Crippen molar-refractivity contribution in [2.45, 2.75) is 59.5 Å². The fourth-order valence-electron chi connectivity index (χ4n) is 2.53. The van der Waals surface area contributed by atoms with Gasteiger partial charge in [0.05, 0.1) is 27.2 Å². The predicted octanol–water partition coefficient (Wildman–Crippen LogP) is 3.10. The molecule has 0 spiro atoms. The number of hydrogen-bond donors (Lipinski definition) is 0. The molecular formula is C18H32N2O4. The maximum absolute atomic E-state index is 12.0. The van der Waals surface area contributed by atoms with Gasteiger partial charge in [-0.05, 0) is 24.2 Å². The van der Waals surface area contributed by atoms with Crippen molar-refractivity contribution in [3.8, 4) is 0 Å². The number of esters is 1. The highest BCUT2D eigenvalue weighted by Crippen LogP contribution is 2.23. The van der Waals surface area contributed by atoms with Gasteiger partial charge in [0.2, 0.25) is 11.8 Å². The molecule has 0 fully saturated rings. The molecule has 138 valence electrons. The van der Waals surface area contributed by atoms with Gasteiger partial charge in [-0.2, -0.15) is 0 Å². The lowest BCUT2D eigenvalue weighted by atomic mass is 9.95. The first-order chi connectivity index (χ1) is 11.3. The Hall–Kier alpha value is -1.59. The second kappa shape index (κ2) is 9.64. The molecule has 0 bridgehead atoms. The SMILES string of the molecule is COC1=N[C@H](C(C)C)C(OC)=N[C@H]1[C@H](C)CC(=O)OCCC(C)C. The Balaban J connectivity index is 2.74. The fourth-order valence-corrected chi connectivity index (χ4v) is 2.53. The molecule has 0 radical (unpaired) electrons. The minimum atomic E-state index is -0.322. The molecule has 0 amide bonds. The third-order valence-electron chi connectivity index (χ3n) is 4.07. The van der Waals surface area contributed by atoms with E-state index in [-0.39, 0.29) is 36.3 Å². The van der Waals surface area contributed by atoms with E-state index in [0.717, 1.165) is 6.42 Å². The summed E-state index contributed by atoms with van der Waals surface area (Å²) in [5, 5.41) is 0. The van der Waals surface area contributed by atoms with Gasteiger partial charge in [0.25, 0.3) is 0 Å². The fraction of sp³-hybridized carbons (Fsp3) is 0.833. The lowest BCUT2D eigenvalue weighted by Gasteiger charge is -2.29. The van der Waals surface area contributed by atoms with Crippen LogP contribution in [0.25, 0.3) is 0 Å². The molecule has 0 unspecified atom stereocenters. The van der Waals surface area contributed by atoms with Crippen LogP contribution in [0.2, 0.25) is 0 Å². The van der Waals surface area contributed by atoms with Crippen LogP contribution in [0.15, 0.2) is 9.98 Å². The first-order valence-electron chi connectivity index (χ1n) is 8.69. The van der Waals surface area contributed by atoms with E-state index >= 15 is 0 Å². The summed E-state index contributed by atoms with van der Waals surface area (Å²) in [6.07, 6.45) is 1.15. The van der Waals surface area contributed by atoms with Crippen molar-refractivity contribution in [3.05, 3.63) is 0 Å². The van der Waals surface area contributed by atoms with Gasteiger partial charge in [-0.15, -0.1) is 0 Å². The largest absolute Gasteiger partial charge is 0.483 e. The number of carbonyl (C=O) groups is 1. The van der Waals surface area contributed by atoms with E-state index in [1.165, 1.54) is 0 Å². The minimum Gasteiger partial charge on any atom is -0.483 e. The molecule has 0 N–H and O–H groups in total. The Bertz CT molecular complexity index is 472. The number of hydrogen-bond acceptors (Lipinski definition) is 6. The van der Waals surface area contributed by atoms with Crippen LogP contribution in [0.5, 0.6) is 0 Å². The Labute approximate surface area is 145 Å². The highest BCUT2D eigenvalue weighted by atomic mass is 16.5. The Morgan fingerprint density at radius 2 is 1.54 bits per heavy atom. The van der Waals surface area contributed by atoms with Crippen molar-refractivity contribution in [2.75, 3.05) is 20.8 Å². The standard InChI is InChI=1S/C18H32N2O4/c1-11(2)8-9-24-14(21)10-13(5)16-18(23-7)19-15(12(3)4)17(20-16)22-6/h11-13,15-16H,8-10H2,1-7H3/t13-,15-,16+/m1/s1. The van der Waals surface area contributed by atoms with Crippen molar-refractivity contribution < 1.29 is 19.0 Å². The molecule has 0 aromatic carbocycles. The highest BCUT2D eigenvalue weighted by molar-refractivity contribution is 5.94. The first-order valence-corrected chi connectivity index (χ1v) is 8.69. The third kappa shape index (κ3) is 5.80. The number of ether oxygens (including phenoxy) is 3. The van der Waals surface area contributed by atoms with Gasteiger partial charge in [-0.1, -0.05) is 34.6 Å². The molecule has 0 saturated heterocycles. The quantitative estimate of drug-likeness (QED) is 0.668. The molecule has 24 heavy (non-hydrogen) atoms. The van der Waals surface area contributed by atoms with Gasteiger partial charge >= 0.3 is 5.97 Å². The summed E-state index contributed by atoms with van der Waals surface area (Å²) in [5.41, 5.74) is 0. The first kappa shape index (κ1) is 20.5. The lowest BCUT2D eigenvalue weighted by Crippen LogP contribution is -2.40. The van der Waals surface area contributed by atoms with Crippen LogP contribution in [0.3, 0.4) is 0 Å². The number of carbonyl (C=O) groups excluding carboxylic acids is 1.